The van der Waals surface area contributed by atoms with Gasteiger partial charge in [0.05, 0.1) is 12.5 Å². The van der Waals surface area contributed by atoms with E-state index in [2.05, 4.69) is 54.1 Å². The first-order valence-corrected chi connectivity index (χ1v) is 12.6. The van der Waals surface area contributed by atoms with Crippen molar-refractivity contribution in [3.63, 3.8) is 0 Å². The van der Waals surface area contributed by atoms with E-state index in [1.165, 1.54) is 12.8 Å². The van der Waals surface area contributed by atoms with E-state index < -0.39 is 0 Å². The zero-order valence-corrected chi connectivity index (χ0v) is 21.7. The minimum Gasteiger partial charge on any atom is -0.474 e. The molecule has 1 aliphatic rings. The highest BCUT2D eigenvalue weighted by atomic mass is 16.5. The molecule has 3 aromatic rings. The molecule has 0 bridgehead atoms. The summed E-state index contributed by atoms with van der Waals surface area (Å²) < 4.78 is 5.70. The van der Waals surface area contributed by atoms with Crippen LogP contribution in [0.1, 0.15) is 57.2 Å². The van der Waals surface area contributed by atoms with Gasteiger partial charge in [0, 0.05) is 42.5 Å². The van der Waals surface area contributed by atoms with Crippen molar-refractivity contribution in [3.8, 4) is 6.07 Å². The second-order valence-electron chi connectivity index (χ2n) is 10.1. The van der Waals surface area contributed by atoms with E-state index in [4.69, 9.17) is 10.00 Å². The molecule has 2 aromatic heterocycles. The van der Waals surface area contributed by atoms with Crippen LogP contribution < -0.4 is 21.3 Å². The van der Waals surface area contributed by atoms with Crippen LogP contribution in [0.5, 0.6) is 0 Å². The van der Waals surface area contributed by atoms with E-state index >= 15 is 0 Å². The maximum Gasteiger partial charge on any atom is 0.231 e. The Morgan fingerprint density at radius 3 is 2.54 bits per heavy atom. The van der Waals surface area contributed by atoms with E-state index in [1.54, 1.807) is 0 Å². The Morgan fingerprint density at radius 2 is 1.84 bits per heavy atom. The van der Waals surface area contributed by atoms with Gasteiger partial charge in [-0.05, 0) is 64.3 Å². The summed E-state index contributed by atoms with van der Waals surface area (Å²) >= 11 is 0. The lowest BCUT2D eigenvalue weighted by Crippen LogP contribution is -2.26. The number of nitrogens with one attached hydrogen (secondary N) is 5. The SMILES string of the molecule is C=C(NCCCNc1cc(Nc2cc(C3CC3)[nH]n2)nc(Nc2ccc(CC#N)cc2)n1)OC(C)(C)C. The summed E-state index contributed by atoms with van der Waals surface area (Å²) in [6.07, 6.45) is 3.62. The van der Waals surface area contributed by atoms with Crippen LogP contribution in [0.4, 0.5) is 29.1 Å². The Hall–Kier alpha value is -4.26. The van der Waals surface area contributed by atoms with E-state index in [0.29, 0.717) is 42.4 Å². The Bertz CT molecular complexity index is 1230. The molecular weight excluding hydrogens is 466 g/mol. The molecule has 2 heterocycles. The van der Waals surface area contributed by atoms with Crippen LogP contribution in [-0.4, -0.2) is 38.9 Å². The van der Waals surface area contributed by atoms with Gasteiger partial charge in [0.2, 0.25) is 5.95 Å². The van der Waals surface area contributed by atoms with Crippen LogP contribution in [-0.2, 0) is 11.2 Å². The fourth-order valence-electron chi connectivity index (χ4n) is 3.66. The van der Waals surface area contributed by atoms with Crippen molar-refractivity contribution in [2.24, 2.45) is 0 Å². The van der Waals surface area contributed by atoms with E-state index in [-0.39, 0.29) is 5.60 Å². The monoisotopic (exact) mass is 501 g/mol. The minimum atomic E-state index is -0.278. The van der Waals surface area contributed by atoms with Gasteiger partial charge in [-0.2, -0.15) is 20.3 Å². The van der Waals surface area contributed by atoms with Crippen molar-refractivity contribution in [3.05, 3.63) is 60.1 Å². The summed E-state index contributed by atoms with van der Waals surface area (Å²) in [6, 6.07) is 13.7. The molecule has 0 aliphatic heterocycles. The molecule has 37 heavy (non-hydrogen) atoms. The summed E-state index contributed by atoms with van der Waals surface area (Å²) in [7, 11) is 0. The maximum absolute atomic E-state index is 8.90. The summed E-state index contributed by atoms with van der Waals surface area (Å²) in [5.74, 6) is 3.63. The molecule has 0 amide bonds. The number of ether oxygens (including phenoxy) is 1. The molecule has 10 nitrogen and oxygen atoms in total. The smallest absolute Gasteiger partial charge is 0.231 e. The van der Waals surface area contributed by atoms with Crippen LogP contribution >= 0.6 is 0 Å². The molecule has 194 valence electrons. The summed E-state index contributed by atoms with van der Waals surface area (Å²) in [5.41, 5.74) is 2.66. The third-order valence-corrected chi connectivity index (χ3v) is 5.50. The molecule has 0 spiro atoms. The van der Waals surface area contributed by atoms with Gasteiger partial charge in [-0.25, -0.2) is 0 Å². The van der Waals surface area contributed by atoms with Gasteiger partial charge >= 0.3 is 0 Å². The third kappa shape index (κ3) is 8.42. The van der Waals surface area contributed by atoms with Crippen LogP contribution in [0.25, 0.3) is 0 Å². The maximum atomic E-state index is 8.90. The molecule has 0 unspecified atom stereocenters. The average molecular weight is 502 g/mol. The Kier molecular flexibility index (Phi) is 8.13. The Balaban J connectivity index is 1.40. The zero-order valence-electron chi connectivity index (χ0n) is 21.7. The number of aromatic nitrogens is 4. The molecule has 4 rings (SSSR count). The van der Waals surface area contributed by atoms with Gasteiger partial charge in [-0.3, -0.25) is 5.10 Å². The number of rotatable bonds is 13. The summed E-state index contributed by atoms with van der Waals surface area (Å²) in [6.45, 7) is 11.3. The molecule has 1 saturated carbocycles. The number of nitriles is 1. The molecular formula is C27H35N9O. The van der Waals surface area contributed by atoms with Crippen molar-refractivity contribution < 1.29 is 4.74 Å². The van der Waals surface area contributed by atoms with Crippen LogP contribution in [0.3, 0.4) is 0 Å². The largest absolute Gasteiger partial charge is 0.474 e. The molecule has 0 saturated heterocycles. The number of aromatic amines is 1. The van der Waals surface area contributed by atoms with E-state index in [0.717, 1.165) is 35.7 Å². The molecule has 0 radical (unpaired) electrons. The number of anilines is 5. The first kappa shape index (κ1) is 25.8. The van der Waals surface area contributed by atoms with Gasteiger partial charge in [0.25, 0.3) is 0 Å². The summed E-state index contributed by atoms with van der Waals surface area (Å²) in [4.78, 5) is 9.27. The second-order valence-corrected chi connectivity index (χ2v) is 10.1. The fraction of sp³-hybridized carbons (Fsp3) is 0.407. The van der Waals surface area contributed by atoms with Gasteiger partial charge in [0.15, 0.2) is 11.7 Å². The number of hydrogen-bond acceptors (Lipinski definition) is 9. The highest BCUT2D eigenvalue weighted by molar-refractivity contribution is 5.62. The van der Waals surface area contributed by atoms with Gasteiger partial charge in [-0.1, -0.05) is 12.1 Å². The number of hydrogen-bond donors (Lipinski definition) is 5. The van der Waals surface area contributed by atoms with Crippen LogP contribution in [0.2, 0.25) is 0 Å². The highest BCUT2D eigenvalue weighted by Gasteiger charge is 2.25. The zero-order chi connectivity index (χ0) is 26.3. The normalized spacial score (nSPS) is 12.9. The highest BCUT2D eigenvalue weighted by Crippen LogP contribution is 2.39. The minimum absolute atomic E-state index is 0.278. The molecule has 1 aliphatic carbocycles. The second kappa shape index (κ2) is 11.6. The number of benzene rings is 1. The number of nitrogens with zero attached hydrogens (tertiary/aromatic N) is 4. The lowest BCUT2D eigenvalue weighted by molar-refractivity contribution is 0.0416. The van der Waals surface area contributed by atoms with Crippen molar-refractivity contribution in [1.29, 1.82) is 5.26 Å². The topological polar surface area (TPSA) is 136 Å². The predicted molar refractivity (Wildman–Crippen MR) is 146 cm³/mol. The lowest BCUT2D eigenvalue weighted by Gasteiger charge is -2.23. The van der Waals surface area contributed by atoms with Crippen molar-refractivity contribution >= 4 is 29.1 Å². The first-order chi connectivity index (χ1) is 17.8. The first-order valence-electron chi connectivity index (χ1n) is 12.6. The van der Waals surface area contributed by atoms with Crippen molar-refractivity contribution in [2.75, 3.05) is 29.0 Å². The van der Waals surface area contributed by atoms with Crippen molar-refractivity contribution in [2.45, 2.75) is 58.0 Å². The number of H-pyrrole nitrogens is 1. The molecule has 1 aromatic carbocycles. The van der Waals surface area contributed by atoms with E-state index in [1.807, 2.05) is 57.2 Å². The average Bonchev–Trinajstić information content (AvgIpc) is 3.58. The quantitative estimate of drug-likeness (QED) is 0.156. The van der Waals surface area contributed by atoms with E-state index in [9.17, 15) is 0 Å². The standard InChI is InChI=1S/C27H35N9O/c1-18(37-27(2,3)4)29-14-5-15-30-23-17-24(32-25-16-22(35-36-25)20-8-9-20)34-26(33-23)31-21-10-6-19(7-11-21)12-13-28/h6-7,10-11,16-17,20,29H,1,5,8-9,12,14-15H2,2-4H3,(H4,30,31,32,33,34,35,36). The summed E-state index contributed by atoms with van der Waals surface area (Å²) in [5, 5.41) is 29.5. The Labute approximate surface area is 218 Å². The lowest BCUT2D eigenvalue weighted by atomic mass is 10.1. The molecule has 0 atom stereocenters. The van der Waals surface area contributed by atoms with Crippen LogP contribution in [0, 0.1) is 11.3 Å². The van der Waals surface area contributed by atoms with Gasteiger partial charge in [-0.15, -0.1) is 0 Å². The molecule has 1 fully saturated rings. The predicted octanol–water partition coefficient (Wildman–Crippen LogP) is 5.31. The molecule has 10 heteroatoms. The van der Waals surface area contributed by atoms with Crippen LogP contribution in [0.15, 0.2) is 48.9 Å². The fourth-order valence-corrected chi connectivity index (χ4v) is 3.66. The van der Waals surface area contributed by atoms with Gasteiger partial charge < -0.3 is 26.0 Å². The molecule has 5 N–H and O–H groups in total. The van der Waals surface area contributed by atoms with Crippen molar-refractivity contribution in [1.82, 2.24) is 25.5 Å². The van der Waals surface area contributed by atoms with Gasteiger partial charge in [0.1, 0.15) is 17.2 Å². The third-order valence-electron chi connectivity index (χ3n) is 5.50. The Morgan fingerprint density at radius 1 is 1.08 bits per heavy atom.